The Bertz CT molecular complexity index is 454. The fraction of sp³-hybridized carbons (Fsp3) is 0.700. The predicted molar refractivity (Wildman–Crippen MR) is 96.2 cm³/mol. The molecule has 1 aromatic carbocycles. The summed E-state index contributed by atoms with van der Waals surface area (Å²) in [5.41, 5.74) is 3.57. The molecule has 1 aliphatic heterocycles. The van der Waals surface area contributed by atoms with Gasteiger partial charge in [0.05, 0.1) is 0 Å². The Morgan fingerprint density at radius 1 is 0.773 bits per heavy atom. The molecular formula is C20H34N2. The van der Waals surface area contributed by atoms with E-state index in [9.17, 15) is 0 Å². The van der Waals surface area contributed by atoms with Crippen LogP contribution in [0.15, 0.2) is 24.3 Å². The van der Waals surface area contributed by atoms with Crippen molar-refractivity contribution >= 4 is 0 Å². The van der Waals surface area contributed by atoms with Gasteiger partial charge in [-0.05, 0) is 43.7 Å². The van der Waals surface area contributed by atoms with E-state index in [1.807, 2.05) is 0 Å². The van der Waals surface area contributed by atoms with Gasteiger partial charge in [-0.3, -0.25) is 9.80 Å². The van der Waals surface area contributed by atoms with Gasteiger partial charge < -0.3 is 0 Å². The lowest BCUT2D eigenvalue weighted by Crippen LogP contribution is -2.53. The average molecular weight is 303 g/mol. The van der Waals surface area contributed by atoms with Crippen LogP contribution in [0.3, 0.4) is 0 Å². The van der Waals surface area contributed by atoms with Gasteiger partial charge in [-0.25, -0.2) is 0 Å². The standard InChI is InChI=1S/C20H34N2/c1-19(2,3)15-17-7-9-18(10-8-17)16-21-11-13-22(14-12-21)20(4,5)6/h7-10H,11-16H2,1-6H3. The molecule has 1 fully saturated rings. The van der Waals surface area contributed by atoms with Crippen LogP contribution in [0.1, 0.15) is 52.7 Å². The van der Waals surface area contributed by atoms with Crippen LogP contribution in [0, 0.1) is 5.41 Å². The van der Waals surface area contributed by atoms with Gasteiger partial charge in [0.2, 0.25) is 0 Å². The Morgan fingerprint density at radius 2 is 1.27 bits per heavy atom. The molecule has 1 aromatic rings. The number of hydrogen-bond donors (Lipinski definition) is 0. The molecule has 0 aromatic heterocycles. The molecular weight excluding hydrogens is 268 g/mol. The summed E-state index contributed by atoms with van der Waals surface area (Å²) < 4.78 is 0. The fourth-order valence-corrected chi connectivity index (χ4v) is 3.21. The van der Waals surface area contributed by atoms with Crippen molar-refractivity contribution in [1.82, 2.24) is 9.80 Å². The molecule has 0 atom stereocenters. The van der Waals surface area contributed by atoms with Gasteiger partial charge in [0.1, 0.15) is 0 Å². The van der Waals surface area contributed by atoms with Gasteiger partial charge in [-0.15, -0.1) is 0 Å². The van der Waals surface area contributed by atoms with Crippen molar-refractivity contribution in [2.24, 2.45) is 5.41 Å². The van der Waals surface area contributed by atoms with Crippen molar-refractivity contribution in [3.8, 4) is 0 Å². The predicted octanol–water partition coefficient (Wildman–Crippen LogP) is 4.19. The number of hydrogen-bond acceptors (Lipinski definition) is 2. The molecule has 22 heavy (non-hydrogen) atoms. The first-order chi connectivity index (χ1) is 10.1. The van der Waals surface area contributed by atoms with E-state index < -0.39 is 0 Å². The minimum Gasteiger partial charge on any atom is -0.297 e. The van der Waals surface area contributed by atoms with Crippen molar-refractivity contribution in [3.63, 3.8) is 0 Å². The molecule has 1 saturated heterocycles. The lowest BCUT2D eigenvalue weighted by molar-refractivity contribution is 0.0591. The lowest BCUT2D eigenvalue weighted by atomic mass is 9.88. The second-order valence-corrected chi connectivity index (χ2v) is 8.99. The minimum absolute atomic E-state index is 0.306. The molecule has 0 amide bonds. The average Bonchev–Trinajstić information content (AvgIpc) is 2.39. The Kier molecular flexibility index (Phi) is 5.34. The molecule has 1 aliphatic rings. The van der Waals surface area contributed by atoms with Crippen LogP contribution in [0.2, 0.25) is 0 Å². The molecule has 0 saturated carbocycles. The largest absolute Gasteiger partial charge is 0.297 e. The molecule has 2 heteroatoms. The van der Waals surface area contributed by atoms with E-state index >= 15 is 0 Å². The van der Waals surface area contributed by atoms with Crippen molar-refractivity contribution in [2.75, 3.05) is 26.2 Å². The molecule has 0 radical (unpaired) electrons. The van der Waals surface area contributed by atoms with Crippen LogP contribution in [0.5, 0.6) is 0 Å². The summed E-state index contributed by atoms with van der Waals surface area (Å²) in [4.78, 5) is 5.18. The topological polar surface area (TPSA) is 6.48 Å². The van der Waals surface area contributed by atoms with Gasteiger partial charge in [0.25, 0.3) is 0 Å². The maximum Gasteiger partial charge on any atom is 0.0234 e. The minimum atomic E-state index is 0.306. The van der Waals surface area contributed by atoms with Crippen LogP contribution in [0.25, 0.3) is 0 Å². The van der Waals surface area contributed by atoms with Gasteiger partial charge in [-0.1, -0.05) is 45.0 Å². The van der Waals surface area contributed by atoms with Gasteiger partial charge >= 0.3 is 0 Å². The maximum atomic E-state index is 2.59. The fourth-order valence-electron chi connectivity index (χ4n) is 3.21. The highest BCUT2D eigenvalue weighted by atomic mass is 15.3. The van der Waals surface area contributed by atoms with Crippen molar-refractivity contribution in [1.29, 1.82) is 0 Å². The molecule has 2 rings (SSSR count). The highest BCUT2D eigenvalue weighted by Gasteiger charge is 2.25. The van der Waals surface area contributed by atoms with Crippen molar-refractivity contribution < 1.29 is 0 Å². The Hall–Kier alpha value is -0.860. The van der Waals surface area contributed by atoms with Crippen LogP contribution < -0.4 is 0 Å². The summed E-state index contributed by atoms with van der Waals surface area (Å²) in [6.45, 7) is 19.7. The molecule has 0 N–H and O–H groups in total. The zero-order valence-corrected chi connectivity index (χ0v) is 15.4. The molecule has 0 aliphatic carbocycles. The zero-order valence-electron chi connectivity index (χ0n) is 15.4. The van der Waals surface area contributed by atoms with E-state index in [4.69, 9.17) is 0 Å². The Morgan fingerprint density at radius 3 is 1.73 bits per heavy atom. The first-order valence-electron chi connectivity index (χ1n) is 8.69. The van der Waals surface area contributed by atoms with Gasteiger partial charge in [0.15, 0.2) is 0 Å². The number of benzene rings is 1. The molecule has 2 nitrogen and oxygen atoms in total. The quantitative estimate of drug-likeness (QED) is 0.826. The molecule has 0 spiro atoms. The van der Waals surface area contributed by atoms with E-state index in [2.05, 4.69) is 75.6 Å². The number of piperazine rings is 1. The Labute approximate surface area is 137 Å². The monoisotopic (exact) mass is 302 g/mol. The summed E-state index contributed by atoms with van der Waals surface area (Å²) in [6, 6.07) is 9.26. The van der Waals surface area contributed by atoms with E-state index in [1.54, 1.807) is 0 Å². The number of rotatable bonds is 3. The molecule has 1 heterocycles. The maximum absolute atomic E-state index is 2.59. The second kappa shape index (κ2) is 6.72. The molecule has 124 valence electrons. The van der Waals surface area contributed by atoms with Crippen molar-refractivity contribution in [2.45, 2.75) is 60.0 Å². The summed E-state index contributed by atoms with van der Waals surface area (Å²) >= 11 is 0. The third kappa shape index (κ3) is 5.40. The van der Waals surface area contributed by atoms with Gasteiger partial charge in [0, 0.05) is 38.3 Å². The normalized spacial score (nSPS) is 18.6. The first-order valence-corrected chi connectivity index (χ1v) is 8.69. The molecule has 0 bridgehead atoms. The smallest absolute Gasteiger partial charge is 0.0234 e. The van der Waals surface area contributed by atoms with Crippen LogP contribution in [-0.4, -0.2) is 41.5 Å². The second-order valence-electron chi connectivity index (χ2n) is 8.99. The zero-order chi connectivity index (χ0) is 16.4. The third-order valence-corrected chi connectivity index (χ3v) is 4.48. The number of nitrogens with zero attached hydrogens (tertiary/aromatic N) is 2. The lowest BCUT2D eigenvalue weighted by Gasteiger charge is -2.42. The summed E-state index contributed by atoms with van der Waals surface area (Å²) in [7, 11) is 0. The van der Waals surface area contributed by atoms with E-state index in [1.165, 1.54) is 37.3 Å². The van der Waals surface area contributed by atoms with E-state index in [0.29, 0.717) is 11.0 Å². The van der Waals surface area contributed by atoms with E-state index in [0.717, 1.165) is 13.0 Å². The van der Waals surface area contributed by atoms with Crippen LogP contribution in [0.4, 0.5) is 0 Å². The SMILES string of the molecule is CC(C)(C)Cc1ccc(CN2CCN(C(C)(C)C)CC2)cc1. The van der Waals surface area contributed by atoms with Crippen LogP contribution >= 0.6 is 0 Å². The Balaban J connectivity index is 1.85. The summed E-state index contributed by atoms with van der Waals surface area (Å²) in [5, 5.41) is 0. The highest BCUT2D eigenvalue weighted by molar-refractivity contribution is 5.23. The van der Waals surface area contributed by atoms with Gasteiger partial charge in [-0.2, -0.15) is 0 Å². The van der Waals surface area contributed by atoms with E-state index in [-0.39, 0.29) is 0 Å². The first kappa shape index (κ1) is 17.5. The molecule has 0 unspecified atom stereocenters. The summed E-state index contributed by atoms with van der Waals surface area (Å²) in [6.07, 6.45) is 1.15. The third-order valence-electron chi connectivity index (χ3n) is 4.48. The summed E-state index contributed by atoms with van der Waals surface area (Å²) in [5.74, 6) is 0. The van der Waals surface area contributed by atoms with Crippen LogP contribution in [-0.2, 0) is 13.0 Å². The highest BCUT2D eigenvalue weighted by Crippen LogP contribution is 2.21. The van der Waals surface area contributed by atoms with Crippen molar-refractivity contribution in [3.05, 3.63) is 35.4 Å².